The predicted molar refractivity (Wildman–Crippen MR) is 110 cm³/mol. The molecule has 0 amide bonds. The summed E-state index contributed by atoms with van der Waals surface area (Å²) in [6, 6.07) is 4.10. The Bertz CT molecular complexity index is 1310. The summed E-state index contributed by atoms with van der Waals surface area (Å²) in [7, 11) is -4.99. The number of halogens is 7. The number of aromatic nitrogens is 1. The Kier molecular flexibility index (Phi) is 6.33. The molecular weight excluding hydrogens is 516 g/mol. The Labute approximate surface area is 192 Å². The van der Waals surface area contributed by atoms with Crippen LogP contribution in [0.15, 0.2) is 28.5 Å². The Morgan fingerprint density at radius 1 is 0.879 bits per heavy atom. The van der Waals surface area contributed by atoms with Gasteiger partial charge in [-0.15, -0.1) is 11.3 Å². The van der Waals surface area contributed by atoms with E-state index in [1.807, 2.05) is 0 Å². The molecule has 5 nitrogen and oxygen atoms in total. The van der Waals surface area contributed by atoms with Crippen molar-refractivity contribution >= 4 is 38.1 Å². The van der Waals surface area contributed by atoms with Gasteiger partial charge in [-0.05, 0) is 18.2 Å². The Morgan fingerprint density at radius 2 is 1.45 bits per heavy atom. The molecule has 14 heteroatoms. The lowest BCUT2D eigenvalue weighted by Crippen LogP contribution is -2.49. The minimum Gasteiger partial charge on any atom is -0.345 e. The SMILES string of the molecule is O=S(=O)(c1c(F)c(F)c(F)c(F)c1F)N1CCN(c2nc(-c3ccc(F)c(Cl)c3)cs2)CC1. The van der Waals surface area contributed by atoms with Gasteiger partial charge in [0.15, 0.2) is 33.3 Å². The number of thiazole rings is 1. The largest absolute Gasteiger partial charge is 0.345 e. The predicted octanol–water partition coefficient (Wildman–Crippen LogP) is 4.81. The Hall–Kier alpha value is -2.35. The van der Waals surface area contributed by atoms with Crippen molar-refractivity contribution in [2.24, 2.45) is 0 Å². The van der Waals surface area contributed by atoms with Gasteiger partial charge in [-0.2, -0.15) is 4.31 Å². The van der Waals surface area contributed by atoms with Gasteiger partial charge >= 0.3 is 0 Å². The molecule has 4 rings (SSSR count). The van der Waals surface area contributed by atoms with Gasteiger partial charge < -0.3 is 4.90 Å². The van der Waals surface area contributed by atoms with Gasteiger partial charge in [0.25, 0.3) is 0 Å². The van der Waals surface area contributed by atoms with Crippen LogP contribution in [-0.4, -0.2) is 43.9 Å². The zero-order valence-corrected chi connectivity index (χ0v) is 18.6. The van der Waals surface area contributed by atoms with E-state index in [0.717, 1.165) is 0 Å². The van der Waals surface area contributed by atoms with Crippen LogP contribution in [0.3, 0.4) is 0 Å². The lowest BCUT2D eigenvalue weighted by atomic mass is 10.2. The first-order chi connectivity index (χ1) is 15.5. The quantitative estimate of drug-likeness (QED) is 0.278. The molecule has 0 atom stereocenters. The van der Waals surface area contributed by atoms with Crippen molar-refractivity contribution in [2.45, 2.75) is 4.90 Å². The molecule has 1 fully saturated rings. The van der Waals surface area contributed by atoms with E-state index in [4.69, 9.17) is 11.6 Å². The van der Waals surface area contributed by atoms with Crippen LogP contribution in [0.1, 0.15) is 0 Å². The number of anilines is 1. The Balaban J connectivity index is 1.53. The first-order valence-corrected chi connectivity index (χ1v) is 11.9. The molecule has 1 aliphatic rings. The summed E-state index contributed by atoms with van der Waals surface area (Å²) < 4.78 is 108. The number of piperazine rings is 1. The van der Waals surface area contributed by atoms with E-state index in [-0.39, 0.29) is 31.2 Å². The molecule has 0 spiro atoms. The third-order valence-electron chi connectivity index (χ3n) is 4.98. The highest BCUT2D eigenvalue weighted by molar-refractivity contribution is 7.89. The van der Waals surface area contributed by atoms with E-state index in [9.17, 15) is 34.8 Å². The van der Waals surface area contributed by atoms with E-state index >= 15 is 0 Å². The highest BCUT2D eigenvalue weighted by atomic mass is 35.5. The summed E-state index contributed by atoms with van der Waals surface area (Å²) in [5.74, 6) is -12.5. The lowest BCUT2D eigenvalue weighted by molar-refractivity contribution is 0.344. The zero-order valence-electron chi connectivity index (χ0n) is 16.3. The molecule has 0 bridgehead atoms. The average Bonchev–Trinajstić information content (AvgIpc) is 3.28. The monoisotopic (exact) mass is 527 g/mol. The van der Waals surface area contributed by atoms with E-state index in [2.05, 4.69) is 4.98 Å². The summed E-state index contributed by atoms with van der Waals surface area (Å²) in [5, 5.41) is 2.12. The number of sulfonamides is 1. The first kappa shape index (κ1) is 23.8. The number of nitrogens with zero attached hydrogens (tertiary/aromatic N) is 3. The number of hydrogen-bond acceptors (Lipinski definition) is 5. The molecule has 0 unspecified atom stereocenters. The fourth-order valence-electron chi connectivity index (χ4n) is 3.26. The van der Waals surface area contributed by atoms with Crippen LogP contribution in [0.25, 0.3) is 11.3 Å². The van der Waals surface area contributed by atoms with Crippen molar-refractivity contribution in [3.8, 4) is 11.3 Å². The van der Waals surface area contributed by atoms with Crippen molar-refractivity contribution in [3.05, 3.63) is 63.5 Å². The summed E-state index contributed by atoms with van der Waals surface area (Å²) in [4.78, 5) is 4.24. The molecule has 1 aliphatic heterocycles. The van der Waals surface area contributed by atoms with Crippen LogP contribution >= 0.6 is 22.9 Å². The van der Waals surface area contributed by atoms with Gasteiger partial charge in [0.05, 0.1) is 10.7 Å². The third-order valence-corrected chi connectivity index (χ3v) is 8.09. The fraction of sp³-hybridized carbons (Fsp3) is 0.211. The molecule has 3 aromatic rings. The van der Waals surface area contributed by atoms with E-state index in [0.29, 0.717) is 20.7 Å². The molecule has 1 aromatic heterocycles. The molecule has 2 heterocycles. The van der Waals surface area contributed by atoms with Gasteiger partial charge in [-0.1, -0.05) is 11.6 Å². The van der Waals surface area contributed by atoms with Crippen molar-refractivity contribution in [1.29, 1.82) is 0 Å². The minimum atomic E-state index is -4.99. The van der Waals surface area contributed by atoms with Gasteiger partial charge in [-0.3, -0.25) is 0 Å². The highest BCUT2D eigenvalue weighted by Crippen LogP contribution is 2.32. The van der Waals surface area contributed by atoms with Gasteiger partial charge in [0, 0.05) is 37.1 Å². The second kappa shape index (κ2) is 8.78. The van der Waals surface area contributed by atoms with Crippen molar-refractivity contribution < 1.29 is 34.8 Å². The van der Waals surface area contributed by atoms with E-state index in [1.165, 1.54) is 29.5 Å². The maximum Gasteiger partial charge on any atom is 0.249 e. The first-order valence-electron chi connectivity index (χ1n) is 9.20. The molecule has 0 aliphatic carbocycles. The van der Waals surface area contributed by atoms with Gasteiger partial charge in [-0.25, -0.2) is 39.7 Å². The number of hydrogen-bond donors (Lipinski definition) is 0. The zero-order chi connectivity index (χ0) is 24.1. The third kappa shape index (κ3) is 4.18. The average molecular weight is 528 g/mol. The summed E-state index contributed by atoms with van der Waals surface area (Å²) in [5.41, 5.74) is 1.07. The standard InChI is InChI=1S/C19H12ClF6N3O2S2/c20-10-7-9(1-2-11(10)21)12-8-32-19(27-12)28-3-5-29(6-4-28)33(30,31)18-16(25)14(23)13(22)15(24)17(18)26/h1-2,7-8H,3-6H2. The minimum absolute atomic E-state index is 0.0474. The maximum absolute atomic E-state index is 14.0. The van der Waals surface area contributed by atoms with Crippen molar-refractivity contribution in [2.75, 3.05) is 31.1 Å². The van der Waals surface area contributed by atoms with Crippen LogP contribution in [-0.2, 0) is 10.0 Å². The molecule has 33 heavy (non-hydrogen) atoms. The maximum atomic E-state index is 14.0. The molecule has 2 aromatic carbocycles. The second-order valence-corrected chi connectivity index (χ2v) is 10.1. The normalized spacial score (nSPS) is 15.3. The van der Waals surface area contributed by atoms with E-state index in [1.54, 1.807) is 10.3 Å². The molecule has 176 valence electrons. The molecule has 0 saturated carbocycles. The summed E-state index contributed by atoms with van der Waals surface area (Å²) in [6.45, 7) is -0.463. The lowest BCUT2D eigenvalue weighted by Gasteiger charge is -2.33. The van der Waals surface area contributed by atoms with Gasteiger partial charge in [0.1, 0.15) is 5.82 Å². The fourth-order valence-corrected chi connectivity index (χ4v) is 5.86. The van der Waals surface area contributed by atoms with Crippen molar-refractivity contribution in [3.63, 3.8) is 0 Å². The van der Waals surface area contributed by atoms with Crippen LogP contribution in [0, 0.1) is 34.9 Å². The highest BCUT2D eigenvalue weighted by Gasteiger charge is 2.38. The van der Waals surface area contributed by atoms with Crippen LogP contribution in [0.5, 0.6) is 0 Å². The van der Waals surface area contributed by atoms with Gasteiger partial charge in [0.2, 0.25) is 15.8 Å². The molecule has 1 saturated heterocycles. The van der Waals surface area contributed by atoms with E-state index < -0.39 is 49.8 Å². The smallest absolute Gasteiger partial charge is 0.249 e. The summed E-state index contributed by atoms with van der Waals surface area (Å²) in [6.07, 6.45) is 0. The molecule has 0 radical (unpaired) electrons. The van der Waals surface area contributed by atoms with Crippen LogP contribution in [0.2, 0.25) is 5.02 Å². The molecule has 0 N–H and O–H groups in total. The van der Waals surface area contributed by atoms with Crippen LogP contribution < -0.4 is 4.90 Å². The molecular formula is C19H12ClF6N3O2S2. The van der Waals surface area contributed by atoms with Crippen molar-refractivity contribution in [1.82, 2.24) is 9.29 Å². The second-order valence-electron chi connectivity index (χ2n) is 6.93. The number of rotatable bonds is 4. The van der Waals surface area contributed by atoms with Crippen LogP contribution in [0.4, 0.5) is 31.5 Å². The summed E-state index contributed by atoms with van der Waals surface area (Å²) >= 11 is 7.01. The number of benzene rings is 2. The Morgan fingerprint density at radius 3 is 2.03 bits per heavy atom. The topological polar surface area (TPSA) is 53.5 Å².